The maximum absolute atomic E-state index is 12.8. The number of amides is 1. The minimum atomic E-state index is 0.251. The smallest absolute Gasteiger partial charge is 0.227 e. The van der Waals surface area contributed by atoms with Crippen LogP contribution in [0, 0.1) is 0 Å². The molecule has 1 saturated heterocycles. The highest BCUT2D eigenvalue weighted by Crippen LogP contribution is 2.29. The number of carbonyl (C=O) groups excluding carboxylic acids is 1. The molecule has 1 unspecified atom stereocenters. The van der Waals surface area contributed by atoms with Gasteiger partial charge >= 0.3 is 0 Å². The fourth-order valence-corrected chi connectivity index (χ4v) is 4.03. The molecule has 1 aromatic rings. The Kier molecular flexibility index (Phi) is 7.02. The van der Waals surface area contributed by atoms with Gasteiger partial charge in [-0.2, -0.15) is 11.8 Å². The molecule has 0 aromatic heterocycles. The zero-order chi connectivity index (χ0) is 17.6. The second-order valence-electron chi connectivity index (χ2n) is 7.41. The number of piperidine rings is 1. The molecular weight excluding hydrogens is 318 g/mol. The van der Waals surface area contributed by atoms with Crippen molar-refractivity contribution < 1.29 is 9.53 Å². The third-order valence-electron chi connectivity index (χ3n) is 4.25. The van der Waals surface area contributed by atoms with Crippen molar-refractivity contribution in [1.29, 1.82) is 0 Å². The highest BCUT2D eigenvalue weighted by molar-refractivity contribution is 8.00. The molecule has 1 fully saturated rings. The second-order valence-corrected chi connectivity index (χ2v) is 9.26. The van der Waals surface area contributed by atoms with Gasteiger partial charge in [0.2, 0.25) is 5.91 Å². The van der Waals surface area contributed by atoms with Crippen LogP contribution < -0.4 is 4.74 Å². The average Bonchev–Trinajstić information content (AvgIpc) is 2.54. The summed E-state index contributed by atoms with van der Waals surface area (Å²) in [7, 11) is 0. The molecule has 1 atom stereocenters. The standard InChI is InChI=1S/C20H31NO2S/c1-5-23-18-11-9-16(10-12-18)14-19(22)21-13-7-6-8-17(21)15-24-20(2,3)4/h9-12,17H,5-8,13-15H2,1-4H3. The van der Waals surface area contributed by atoms with Crippen LogP contribution in [0.15, 0.2) is 24.3 Å². The van der Waals surface area contributed by atoms with E-state index >= 15 is 0 Å². The van der Waals surface area contributed by atoms with E-state index in [1.54, 1.807) is 0 Å². The minimum absolute atomic E-state index is 0.251. The molecule has 134 valence electrons. The van der Waals surface area contributed by atoms with Crippen LogP contribution in [-0.4, -0.2) is 40.5 Å². The first-order valence-electron chi connectivity index (χ1n) is 9.04. The van der Waals surface area contributed by atoms with Crippen molar-refractivity contribution in [1.82, 2.24) is 4.90 Å². The van der Waals surface area contributed by atoms with E-state index in [-0.39, 0.29) is 10.7 Å². The molecule has 1 aliphatic heterocycles. The quantitative estimate of drug-likeness (QED) is 0.755. The van der Waals surface area contributed by atoms with Gasteiger partial charge in [-0.15, -0.1) is 0 Å². The lowest BCUT2D eigenvalue weighted by Gasteiger charge is -2.37. The normalized spacial score (nSPS) is 18.5. The first-order chi connectivity index (χ1) is 11.4. The molecule has 0 saturated carbocycles. The Hall–Kier alpha value is -1.16. The number of ether oxygens (including phenoxy) is 1. The van der Waals surface area contributed by atoms with Gasteiger partial charge in [0.1, 0.15) is 5.75 Å². The number of likely N-dealkylation sites (tertiary alicyclic amines) is 1. The maximum atomic E-state index is 12.8. The van der Waals surface area contributed by atoms with Crippen LogP contribution in [0.4, 0.5) is 0 Å². The van der Waals surface area contributed by atoms with Gasteiger partial charge in [-0.3, -0.25) is 4.79 Å². The molecule has 1 aliphatic rings. The Morgan fingerprint density at radius 3 is 2.58 bits per heavy atom. The van der Waals surface area contributed by atoms with Crippen LogP contribution in [0.5, 0.6) is 5.75 Å². The molecule has 24 heavy (non-hydrogen) atoms. The predicted octanol–water partition coefficient (Wildman–Crippen LogP) is 4.54. The van der Waals surface area contributed by atoms with E-state index in [4.69, 9.17) is 4.74 Å². The lowest BCUT2D eigenvalue weighted by Crippen LogP contribution is -2.46. The van der Waals surface area contributed by atoms with E-state index in [0.717, 1.165) is 36.5 Å². The summed E-state index contributed by atoms with van der Waals surface area (Å²) in [6.45, 7) is 10.3. The second kappa shape index (κ2) is 8.80. The molecule has 0 spiro atoms. The van der Waals surface area contributed by atoms with Crippen LogP contribution in [-0.2, 0) is 11.2 Å². The summed E-state index contributed by atoms with van der Waals surface area (Å²) in [6.07, 6.45) is 4.00. The summed E-state index contributed by atoms with van der Waals surface area (Å²) in [6, 6.07) is 8.31. The van der Waals surface area contributed by atoms with E-state index in [1.165, 1.54) is 6.42 Å². The van der Waals surface area contributed by atoms with Crippen LogP contribution in [0.25, 0.3) is 0 Å². The SMILES string of the molecule is CCOc1ccc(CC(=O)N2CCCCC2CSC(C)(C)C)cc1. The minimum Gasteiger partial charge on any atom is -0.494 e. The molecule has 0 radical (unpaired) electrons. The Balaban J connectivity index is 1.95. The van der Waals surface area contributed by atoms with Crippen molar-refractivity contribution in [2.45, 2.75) is 64.2 Å². The van der Waals surface area contributed by atoms with Crippen LogP contribution in [0.2, 0.25) is 0 Å². The molecule has 4 heteroatoms. The molecule has 1 amide bonds. The zero-order valence-electron chi connectivity index (χ0n) is 15.5. The van der Waals surface area contributed by atoms with Crippen LogP contribution in [0.1, 0.15) is 52.5 Å². The van der Waals surface area contributed by atoms with Gasteiger partial charge in [0, 0.05) is 23.1 Å². The predicted molar refractivity (Wildman–Crippen MR) is 103 cm³/mol. The molecule has 3 nitrogen and oxygen atoms in total. The van der Waals surface area contributed by atoms with Crippen molar-refractivity contribution in [3.63, 3.8) is 0 Å². The van der Waals surface area contributed by atoms with Crippen molar-refractivity contribution >= 4 is 17.7 Å². The van der Waals surface area contributed by atoms with Crippen molar-refractivity contribution in [2.24, 2.45) is 0 Å². The lowest BCUT2D eigenvalue weighted by atomic mass is 10.0. The number of rotatable bonds is 6. The monoisotopic (exact) mass is 349 g/mol. The number of hydrogen-bond donors (Lipinski definition) is 0. The lowest BCUT2D eigenvalue weighted by molar-refractivity contribution is -0.133. The van der Waals surface area contributed by atoms with Gasteiger partial charge in [-0.25, -0.2) is 0 Å². The Morgan fingerprint density at radius 2 is 1.96 bits per heavy atom. The number of carbonyl (C=O) groups is 1. The summed E-state index contributed by atoms with van der Waals surface area (Å²) in [5, 5.41) is 0. The highest BCUT2D eigenvalue weighted by atomic mass is 32.2. The first-order valence-corrected chi connectivity index (χ1v) is 10.0. The summed E-state index contributed by atoms with van der Waals surface area (Å²) < 4.78 is 5.72. The molecule has 1 heterocycles. The van der Waals surface area contributed by atoms with E-state index in [2.05, 4.69) is 25.7 Å². The van der Waals surface area contributed by atoms with Crippen LogP contribution in [0.3, 0.4) is 0 Å². The van der Waals surface area contributed by atoms with Crippen molar-refractivity contribution in [3.8, 4) is 5.75 Å². The Bertz CT molecular complexity index is 521. The number of hydrogen-bond acceptors (Lipinski definition) is 3. The number of thioether (sulfide) groups is 1. The molecule has 0 N–H and O–H groups in total. The summed E-state index contributed by atoms with van der Waals surface area (Å²) in [4.78, 5) is 14.9. The first kappa shape index (κ1) is 19.2. The third-order valence-corrected chi connectivity index (χ3v) is 5.66. The number of nitrogens with zero attached hydrogens (tertiary/aromatic N) is 1. The Labute approximate surface area is 151 Å². The van der Waals surface area contributed by atoms with E-state index in [9.17, 15) is 4.79 Å². The Morgan fingerprint density at radius 1 is 1.25 bits per heavy atom. The summed E-state index contributed by atoms with van der Waals surface area (Å²) >= 11 is 1.96. The summed E-state index contributed by atoms with van der Waals surface area (Å²) in [5.74, 6) is 2.17. The van der Waals surface area contributed by atoms with E-state index in [0.29, 0.717) is 19.1 Å². The fourth-order valence-electron chi connectivity index (χ4n) is 2.99. The van der Waals surface area contributed by atoms with E-state index in [1.807, 2.05) is 43.0 Å². The average molecular weight is 350 g/mol. The molecular formula is C20H31NO2S. The molecule has 1 aromatic carbocycles. The fraction of sp³-hybridized carbons (Fsp3) is 0.650. The van der Waals surface area contributed by atoms with Gasteiger partial charge in [0.15, 0.2) is 0 Å². The van der Waals surface area contributed by atoms with Crippen molar-refractivity contribution in [2.75, 3.05) is 18.9 Å². The van der Waals surface area contributed by atoms with Gasteiger partial charge in [0.25, 0.3) is 0 Å². The largest absolute Gasteiger partial charge is 0.494 e. The van der Waals surface area contributed by atoms with E-state index < -0.39 is 0 Å². The number of benzene rings is 1. The highest BCUT2D eigenvalue weighted by Gasteiger charge is 2.28. The topological polar surface area (TPSA) is 29.5 Å². The molecule has 0 aliphatic carbocycles. The summed E-state index contributed by atoms with van der Waals surface area (Å²) in [5.41, 5.74) is 1.07. The third kappa shape index (κ3) is 6.04. The van der Waals surface area contributed by atoms with Gasteiger partial charge in [0.05, 0.1) is 13.0 Å². The molecule has 0 bridgehead atoms. The van der Waals surface area contributed by atoms with Gasteiger partial charge < -0.3 is 9.64 Å². The molecule has 2 rings (SSSR count). The van der Waals surface area contributed by atoms with Gasteiger partial charge in [-0.05, 0) is 43.9 Å². The zero-order valence-corrected chi connectivity index (χ0v) is 16.3. The maximum Gasteiger partial charge on any atom is 0.227 e. The van der Waals surface area contributed by atoms with Gasteiger partial charge in [-0.1, -0.05) is 32.9 Å². The van der Waals surface area contributed by atoms with Crippen LogP contribution >= 0.6 is 11.8 Å². The van der Waals surface area contributed by atoms with Crippen molar-refractivity contribution in [3.05, 3.63) is 29.8 Å².